The summed E-state index contributed by atoms with van der Waals surface area (Å²) in [7, 11) is 0. The molecule has 2 saturated heterocycles. The summed E-state index contributed by atoms with van der Waals surface area (Å²) >= 11 is 1.82. The molecule has 3 rings (SSSR count). The summed E-state index contributed by atoms with van der Waals surface area (Å²) in [6.07, 6.45) is 3.07. The van der Waals surface area contributed by atoms with Crippen LogP contribution in [0, 0.1) is 0 Å². The van der Waals surface area contributed by atoms with Gasteiger partial charge < -0.3 is 15.7 Å². The minimum absolute atomic E-state index is 0. The molecular formula is C21H35IN4OS. The molecule has 2 aliphatic heterocycles. The molecule has 0 bridgehead atoms. The normalized spacial score (nSPS) is 25.2. The zero-order valence-electron chi connectivity index (χ0n) is 17.1. The molecule has 1 aromatic carbocycles. The first-order valence-corrected chi connectivity index (χ1v) is 11.4. The van der Waals surface area contributed by atoms with Crippen LogP contribution in [-0.2, 0) is 0 Å². The second kappa shape index (κ2) is 11.6. The number of rotatable bonds is 6. The number of piperidine rings is 1. The van der Waals surface area contributed by atoms with E-state index in [4.69, 9.17) is 0 Å². The summed E-state index contributed by atoms with van der Waals surface area (Å²) in [5.41, 5.74) is 0.767. The molecule has 2 heterocycles. The summed E-state index contributed by atoms with van der Waals surface area (Å²) in [6, 6.07) is 11.7. The van der Waals surface area contributed by atoms with Gasteiger partial charge in [-0.25, -0.2) is 0 Å². The zero-order chi connectivity index (χ0) is 19.1. The van der Waals surface area contributed by atoms with Crippen molar-refractivity contribution in [3.63, 3.8) is 0 Å². The van der Waals surface area contributed by atoms with Gasteiger partial charge in [0.05, 0.1) is 12.1 Å². The van der Waals surface area contributed by atoms with Crippen LogP contribution in [0.4, 0.5) is 0 Å². The highest BCUT2D eigenvalue weighted by Gasteiger charge is 2.31. The van der Waals surface area contributed by atoms with Crippen LogP contribution in [0.1, 0.15) is 44.7 Å². The Balaban J connectivity index is 0.00000280. The first-order chi connectivity index (χ1) is 13.1. The third-order valence-electron chi connectivity index (χ3n) is 5.66. The number of likely N-dealkylation sites (tertiary alicyclic amines) is 1. The summed E-state index contributed by atoms with van der Waals surface area (Å²) in [5, 5.41) is 17.5. The summed E-state index contributed by atoms with van der Waals surface area (Å²) < 4.78 is 0. The fraction of sp³-hybridized carbons (Fsp3) is 0.667. The second-order valence-corrected chi connectivity index (χ2v) is 8.87. The minimum atomic E-state index is -0.624. The fourth-order valence-corrected chi connectivity index (χ4v) is 5.12. The van der Waals surface area contributed by atoms with Gasteiger partial charge in [0.2, 0.25) is 0 Å². The first-order valence-electron chi connectivity index (χ1n) is 10.2. The average Bonchev–Trinajstić information content (AvgIpc) is 3.14. The number of aliphatic imine (C=N–C) groups is 1. The smallest absolute Gasteiger partial charge is 0.191 e. The number of benzene rings is 1. The predicted octanol–water partition coefficient (Wildman–Crippen LogP) is 3.25. The van der Waals surface area contributed by atoms with Crippen molar-refractivity contribution in [2.75, 3.05) is 37.7 Å². The summed E-state index contributed by atoms with van der Waals surface area (Å²) in [6.45, 7) is 7.89. The van der Waals surface area contributed by atoms with Gasteiger partial charge in [-0.2, -0.15) is 11.8 Å². The molecule has 0 amide bonds. The van der Waals surface area contributed by atoms with Crippen LogP contribution >= 0.6 is 35.7 Å². The third-order valence-corrected chi connectivity index (χ3v) is 6.89. The van der Waals surface area contributed by atoms with Crippen molar-refractivity contribution in [1.82, 2.24) is 15.5 Å². The van der Waals surface area contributed by atoms with E-state index in [1.807, 2.05) is 11.8 Å². The van der Waals surface area contributed by atoms with Crippen molar-refractivity contribution in [3.05, 3.63) is 35.9 Å². The number of hydrogen-bond donors (Lipinski definition) is 3. The predicted molar refractivity (Wildman–Crippen MR) is 131 cm³/mol. The molecule has 3 N–H and O–H groups in total. The summed E-state index contributed by atoms with van der Waals surface area (Å²) in [4.78, 5) is 7.25. The van der Waals surface area contributed by atoms with Crippen molar-refractivity contribution in [3.8, 4) is 0 Å². The lowest BCUT2D eigenvalue weighted by atomic mass is 10.0. The molecule has 2 atom stereocenters. The van der Waals surface area contributed by atoms with Crippen LogP contribution < -0.4 is 10.6 Å². The number of thioether (sulfide) groups is 1. The first kappa shape index (κ1) is 23.8. The van der Waals surface area contributed by atoms with Gasteiger partial charge in [0.25, 0.3) is 0 Å². The molecule has 0 saturated carbocycles. The van der Waals surface area contributed by atoms with Crippen LogP contribution in [-0.4, -0.2) is 65.3 Å². The van der Waals surface area contributed by atoms with E-state index in [1.54, 1.807) is 0 Å². The van der Waals surface area contributed by atoms with E-state index in [2.05, 4.69) is 64.7 Å². The number of hydrogen-bond acceptors (Lipinski definition) is 4. The highest BCUT2D eigenvalue weighted by atomic mass is 127. The maximum absolute atomic E-state index is 10.5. The molecule has 0 aromatic heterocycles. The Kier molecular flexibility index (Phi) is 9.86. The van der Waals surface area contributed by atoms with Gasteiger partial charge in [0.15, 0.2) is 5.96 Å². The molecule has 2 unspecified atom stereocenters. The van der Waals surface area contributed by atoms with Crippen molar-refractivity contribution in [2.45, 2.75) is 50.8 Å². The quantitative estimate of drug-likeness (QED) is 0.307. The van der Waals surface area contributed by atoms with E-state index >= 15 is 0 Å². The third kappa shape index (κ3) is 6.78. The molecule has 2 fully saturated rings. The van der Waals surface area contributed by atoms with E-state index in [-0.39, 0.29) is 24.0 Å². The molecule has 5 nitrogen and oxygen atoms in total. The molecule has 0 aliphatic carbocycles. The SMILES string of the molecule is CCNC(=NCC1(O)CCSC1)NC1CCN(C(C)c2ccccc2)CC1.I. The van der Waals surface area contributed by atoms with Crippen molar-refractivity contribution in [1.29, 1.82) is 0 Å². The maximum Gasteiger partial charge on any atom is 0.191 e. The summed E-state index contributed by atoms with van der Waals surface area (Å²) in [5.74, 6) is 2.68. The number of aliphatic hydroxyl groups is 1. The lowest BCUT2D eigenvalue weighted by Crippen LogP contribution is -2.49. The molecule has 7 heteroatoms. The Hall–Kier alpha value is -0.510. The maximum atomic E-state index is 10.5. The fourth-order valence-electron chi connectivity index (χ4n) is 3.83. The van der Waals surface area contributed by atoms with E-state index in [0.717, 1.165) is 56.4 Å². The highest BCUT2D eigenvalue weighted by Crippen LogP contribution is 2.28. The van der Waals surface area contributed by atoms with E-state index in [0.29, 0.717) is 18.6 Å². The highest BCUT2D eigenvalue weighted by molar-refractivity contribution is 14.0. The second-order valence-electron chi connectivity index (χ2n) is 7.76. The van der Waals surface area contributed by atoms with Crippen LogP contribution in [0.3, 0.4) is 0 Å². The Morgan fingerprint density at radius 1 is 1.32 bits per heavy atom. The Morgan fingerprint density at radius 2 is 2.04 bits per heavy atom. The number of guanidine groups is 1. The standard InChI is InChI=1S/C21H34N4OS.HI/c1-3-22-20(23-15-21(26)11-14-27-16-21)24-19-9-12-25(13-10-19)17(2)18-7-5-4-6-8-18;/h4-8,17,19,26H,3,9-16H2,1-2H3,(H2,22,23,24);1H. The zero-order valence-corrected chi connectivity index (χ0v) is 20.2. The van der Waals surface area contributed by atoms with Crippen molar-refractivity contribution in [2.24, 2.45) is 4.99 Å². The van der Waals surface area contributed by atoms with Gasteiger partial charge in [0.1, 0.15) is 0 Å². The Morgan fingerprint density at radius 3 is 2.64 bits per heavy atom. The molecule has 1 aromatic rings. The molecule has 0 spiro atoms. The van der Waals surface area contributed by atoms with E-state index in [9.17, 15) is 5.11 Å². The largest absolute Gasteiger partial charge is 0.387 e. The van der Waals surface area contributed by atoms with Crippen LogP contribution in [0.15, 0.2) is 35.3 Å². The average molecular weight is 519 g/mol. The van der Waals surface area contributed by atoms with Crippen LogP contribution in [0.25, 0.3) is 0 Å². The van der Waals surface area contributed by atoms with Gasteiger partial charge in [-0.3, -0.25) is 9.89 Å². The van der Waals surface area contributed by atoms with Crippen molar-refractivity contribution < 1.29 is 5.11 Å². The molecule has 158 valence electrons. The van der Waals surface area contributed by atoms with Gasteiger partial charge in [-0.05, 0) is 44.4 Å². The Labute approximate surface area is 191 Å². The van der Waals surface area contributed by atoms with Gasteiger partial charge in [-0.15, -0.1) is 24.0 Å². The van der Waals surface area contributed by atoms with Crippen LogP contribution in [0.5, 0.6) is 0 Å². The topological polar surface area (TPSA) is 59.9 Å². The molecule has 2 aliphatic rings. The van der Waals surface area contributed by atoms with E-state index in [1.165, 1.54) is 5.56 Å². The monoisotopic (exact) mass is 518 g/mol. The minimum Gasteiger partial charge on any atom is -0.387 e. The van der Waals surface area contributed by atoms with Crippen molar-refractivity contribution >= 4 is 41.7 Å². The molecular weight excluding hydrogens is 483 g/mol. The van der Waals surface area contributed by atoms with Crippen LogP contribution in [0.2, 0.25) is 0 Å². The number of halogens is 1. The Bertz CT molecular complexity index is 602. The number of nitrogens with zero attached hydrogens (tertiary/aromatic N) is 2. The van der Waals surface area contributed by atoms with E-state index < -0.39 is 5.60 Å². The molecule has 0 radical (unpaired) electrons. The van der Waals surface area contributed by atoms with Gasteiger partial charge >= 0.3 is 0 Å². The number of nitrogens with one attached hydrogen (secondary N) is 2. The lowest BCUT2D eigenvalue weighted by molar-refractivity contribution is 0.0778. The lowest BCUT2D eigenvalue weighted by Gasteiger charge is -2.37. The van der Waals surface area contributed by atoms with Gasteiger partial charge in [-0.1, -0.05) is 30.3 Å². The van der Waals surface area contributed by atoms with Gasteiger partial charge in [0, 0.05) is 37.5 Å². The molecule has 28 heavy (non-hydrogen) atoms.